The van der Waals surface area contributed by atoms with Gasteiger partial charge in [-0.25, -0.2) is 12.4 Å². The smallest absolute Gasteiger partial charge is 0.275 e. The van der Waals surface area contributed by atoms with Gasteiger partial charge in [0, 0.05) is 48.3 Å². The van der Waals surface area contributed by atoms with E-state index in [0.717, 1.165) is 9.54 Å². The van der Waals surface area contributed by atoms with Crippen LogP contribution in [0.25, 0.3) is 22.0 Å². The zero-order chi connectivity index (χ0) is 24.7. The average Bonchev–Trinajstić information content (AvgIpc) is 3.30. The maximum absolute atomic E-state index is 13.4. The molecule has 0 fully saturated rings. The summed E-state index contributed by atoms with van der Waals surface area (Å²) in [4.78, 5) is 17.4. The van der Waals surface area contributed by atoms with Crippen LogP contribution in [-0.2, 0) is 17.1 Å². The molecule has 5 rings (SSSR count). The number of phenols is 1. The van der Waals surface area contributed by atoms with Crippen LogP contribution in [0.2, 0.25) is 0 Å². The van der Waals surface area contributed by atoms with Gasteiger partial charge in [0.05, 0.1) is 4.90 Å². The standard InChI is InChI=1S/C26H21N3O5S/c1-17-3-9-20(10-4-17)35(32,33)29-14-12-21-23(16-28(2)26(31)25(21)29)22-15-27-13-11-24(22)34-19-7-5-18(30)6-8-19/h3-16,30H,1-2H3. The molecule has 1 N–H and O–H groups in total. The molecule has 0 radical (unpaired) electrons. The van der Waals surface area contributed by atoms with Gasteiger partial charge in [0.2, 0.25) is 0 Å². The third kappa shape index (κ3) is 3.95. The predicted octanol–water partition coefficient (Wildman–Crippen LogP) is 4.45. The highest BCUT2D eigenvalue weighted by atomic mass is 32.2. The van der Waals surface area contributed by atoms with Crippen LogP contribution in [0.3, 0.4) is 0 Å². The second kappa shape index (κ2) is 8.44. The zero-order valence-corrected chi connectivity index (χ0v) is 19.7. The molecular formula is C26H21N3O5S. The van der Waals surface area contributed by atoms with Gasteiger partial charge in [-0.15, -0.1) is 0 Å². The second-order valence-electron chi connectivity index (χ2n) is 8.12. The van der Waals surface area contributed by atoms with Crippen LogP contribution in [0.15, 0.2) is 95.1 Å². The third-order valence-electron chi connectivity index (χ3n) is 5.70. The van der Waals surface area contributed by atoms with Crippen LogP contribution < -0.4 is 10.3 Å². The molecule has 3 heterocycles. The number of nitrogens with zero attached hydrogens (tertiary/aromatic N) is 3. The second-order valence-corrected chi connectivity index (χ2v) is 9.93. The minimum absolute atomic E-state index is 0.0324. The fourth-order valence-corrected chi connectivity index (χ4v) is 5.23. The summed E-state index contributed by atoms with van der Waals surface area (Å²) in [5.74, 6) is 1.07. The minimum atomic E-state index is -4.01. The largest absolute Gasteiger partial charge is 0.508 e. The fourth-order valence-electron chi connectivity index (χ4n) is 3.88. The van der Waals surface area contributed by atoms with Gasteiger partial charge in [0.25, 0.3) is 15.6 Å². The lowest BCUT2D eigenvalue weighted by Crippen LogP contribution is -2.22. The lowest BCUT2D eigenvalue weighted by Gasteiger charge is -2.14. The first-order valence-corrected chi connectivity index (χ1v) is 12.1. The fraction of sp³-hybridized carbons (Fsp3) is 0.0769. The van der Waals surface area contributed by atoms with E-state index in [1.54, 1.807) is 62.0 Å². The molecular weight excluding hydrogens is 466 g/mol. The normalized spacial score (nSPS) is 11.6. The van der Waals surface area contributed by atoms with E-state index in [2.05, 4.69) is 4.98 Å². The van der Waals surface area contributed by atoms with Gasteiger partial charge in [-0.1, -0.05) is 17.7 Å². The highest BCUT2D eigenvalue weighted by Gasteiger charge is 2.24. The maximum atomic E-state index is 13.4. The molecule has 35 heavy (non-hydrogen) atoms. The van der Waals surface area contributed by atoms with Gasteiger partial charge in [-0.05, 0) is 55.5 Å². The monoisotopic (exact) mass is 487 g/mol. The molecule has 0 saturated carbocycles. The Hall–Kier alpha value is -4.37. The molecule has 0 bridgehead atoms. The molecule has 0 saturated heterocycles. The first-order valence-electron chi connectivity index (χ1n) is 10.7. The lowest BCUT2D eigenvalue weighted by molar-refractivity contribution is 0.465. The summed E-state index contributed by atoms with van der Waals surface area (Å²) in [6.45, 7) is 1.87. The number of hydrogen-bond donors (Lipinski definition) is 1. The van der Waals surface area contributed by atoms with Crippen LogP contribution in [0.4, 0.5) is 0 Å². The van der Waals surface area contributed by atoms with Crippen LogP contribution in [-0.4, -0.2) is 27.0 Å². The Labute approximate surface area is 201 Å². The van der Waals surface area contributed by atoms with Gasteiger partial charge in [0.1, 0.15) is 22.8 Å². The molecule has 0 aliphatic rings. The van der Waals surface area contributed by atoms with Crippen LogP contribution in [0, 0.1) is 6.92 Å². The molecule has 5 aromatic rings. The number of rotatable bonds is 5. The van der Waals surface area contributed by atoms with Gasteiger partial charge in [-0.3, -0.25) is 9.78 Å². The van der Waals surface area contributed by atoms with Gasteiger partial charge in [0.15, 0.2) is 0 Å². The number of aromatic hydroxyl groups is 1. The Morgan fingerprint density at radius 1 is 0.943 bits per heavy atom. The van der Waals surface area contributed by atoms with Crippen molar-refractivity contribution in [2.75, 3.05) is 0 Å². The van der Waals surface area contributed by atoms with Crippen molar-refractivity contribution in [1.82, 2.24) is 13.5 Å². The van der Waals surface area contributed by atoms with Crippen molar-refractivity contribution < 1.29 is 18.3 Å². The van der Waals surface area contributed by atoms with Crippen molar-refractivity contribution in [3.8, 4) is 28.4 Å². The molecule has 176 valence electrons. The van der Waals surface area contributed by atoms with Gasteiger partial charge in [-0.2, -0.15) is 0 Å². The number of fused-ring (bicyclic) bond motifs is 1. The van der Waals surface area contributed by atoms with E-state index < -0.39 is 15.6 Å². The summed E-state index contributed by atoms with van der Waals surface area (Å²) in [5, 5.41) is 10.00. The van der Waals surface area contributed by atoms with E-state index in [9.17, 15) is 18.3 Å². The van der Waals surface area contributed by atoms with Crippen LogP contribution in [0.1, 0.15) is 5.56 Å². The van der Waals surface area contributed by atoms with Gasteiger partial charge < -0.3 is 14.4 Å². The minimum Gasteiger partial charge on any atom is -0.508 e. The lowest BCUT2D eigenvalue weighted by atomic mass is 10.1. The third-order valence-corrected chi connectivity index (χ3v) is 7.39. The zero-order valence-electron chi connectivity index (χ0n) is 18.9. The summed E-state index contributed by atoms with van der Waals surface area (Å²) in [6.07, 6.45) is 6.20. The number of ether oxygens (including phenoxy) is 1. The number of benzene rings is 2. The van der Waals surface area contributed by atoms with Crippen molar-refractivity contribution in [2.45, 2.75) is 11.8 Å². The summed E-state index contributed by atoms with van der Waals surface area (Å²) < 4.78 is 35.2. The Bertz CT molecular complexity index is 1720. The molecule has 0 spiro atoms. The molecule has 0 aliphatic carbocycles. The highest BCUT2D eigenvalue weighted by Crippen LogP contribution is 2.37. The molecule has 8 nitrogen and oxygen atoms in total. The summed E-state index contributed by atoms with van der Waals surface area (Å²) in [7, 11) is -2.44. The van der Waals surface area contributed by atoms with Crippen LogP contribution in [0.5, 0.6) is 17.2 Å². The number of pyridine rings is 2. The van der Waals surface area contributed by atoms with E-state index in [4.69, 9.17) is 4.74 Å². The van der Waals surface area contributed by atoms with Crippen molar-refractivity contribution in [3.63, 3.8) is 0 Å². The molecule has 9 heteroatoms. The summed E-state index contributed by atoms with van der Waals surface area (Å²) in [6, 6.07) is 16.0. The Balaban J connectivity index is 1.70. The Morgan fingerprint density at radius 2 is 1.66 bits per heavy atom. The molecule has 0 atom stereocenters. The maximum Gasteiger partial charge on any atom is 0.275 e. The van der Waals surface area contributed by atoms with E-state index in [0.29, 0.717) is 28.0 Å². The number of hydrogen-bond acceptors (Lipinski definition) is 6. The van der Waals surface area contributed by atoms with Crippen molar-refractivity contribution in [2.24, 2.45) is 7.05 Å². The highest BCUT2D eigenvalue weighted by molar-refractivity contribution is 7.90. The van der Waals surface area contributed by atoms with E-state index >= 15 is 0 Å². The summed E-state index contributed by atoms with van der Waals surface area (Å²) >= 11 is 0. The van der Waals surface area contributed by atoms with E-state index in [-0.39, 0.29) is 16.2 Å². The van der Waals surface area contributed by atoms with Crippen molar-refractivity contribution >= 4 is 20.9 Å². The quantitative estimate of drug-likeness (QED) is 0.393. The van der Waals surface area contributed by atoms with Crippen molar-refractivity contribution in [1.29, 1.82) is 0 Å². The van der Waals surface area contributed by atoms with E-state index in [1.807, 2.05) is 6.92 Å². The number of phenolic OH excluding ortho intramolecular Hbond substituents is 1. The number of aryl methyl sites for hydroxylation is 2. The molecule has 3 aromatic heterocycles. The average molecular weight is 488 g/mol. The first-order chi connectivity index (χ1) is 16.8. The van der Waals surface area contributed by atoms with Gasteiger partial charge >= 0.3 is 0 Å². The topological polar surface area (TPSA) is 103 Å². The van der Waals surface area contributed by atoms with E-state index in [1.165, 1.54) is 35.0 Å². The molecule has 0 unspecified atom stereocenters. The first kappa shape index (κ1) is 22.4. The van der Waals surface area contributed by atoms with Crippen LogP contribution >= 0.6 is 0 Å². The Kier molecular flexibility index (Phi) is 5.41. The van der Waals surface area contributed by atoms with Crippen molar-refractivity contribution in [3.05, 3.63) is 101 Å². The molecule has 2 aromatic carbocycles. The number of aromatic nitrogens is 3. The summed E-state index contributed by atoms with van der Waals surface area (Å²) in [5.41, 5.74) is 1.67. The SMILES string of the molecule is Cc1ccc(S(=O)(=O)n2ccc3c(-c4cnccc4Oc4ccc(O)cc4)cn(C)c(=O)c32)cc1. The predicted molar refractivity (Wildman–Crippen MR) is 132 cm³/mol. The molecule has 0 aliphatic heterocycles. The molecule has 0 amide bonds. The Morgan fingerprint density at radius 3 is 2.37 bits per heavy atom.